The zero-order valence-electron chi connectivity index (χ0n) is 8.49. The number of aromatic nitrogens is 1. The molecule has 0 aliphatic carbocycles. The largest absolute Gasteiger partial charge is 0.395 e. The van der Waals surface area contributed by atoms with Crippen molar-refractivity contribution < 1.29 is 5.11 Å². The smallest absolute Gasteiger partial charge is 0.128 e. The maximum atomic E-state index is 8.54. The van der Waals surface area contributed by atoms with Gasteiger partial charge in [0, 0.05) is 32.3 Å². The molecule has 0 saturated carbocycles. The summed E-state index contributed by atoms with van der Waals surface area (Å²) in [5, 5.41) is 8.54. The molecule has 1 rings (SSSR count). The van der Waals surface area contributed by atoms with Crippen molar-refractivity contribution in [1.29, 1.82) is 0 Å². The van der Waals surface area contributed by atoms with E-state index in [1.165, 1.54) is 0 Å². The summed E-state index contributed by atoms with van der Waals surface area (Å²) < 4.78 is 0. The fraction of sp³-hybridized carbons (Fsp3) is 0.364. The van der Waals surface area contributed by atoms with Crippen LogP contribution in [0.4, 0.5) is 5.82 Å². The van der Waals surface area contributed by atoms with E-state index in [0.717, 1.165) is 11.4 Å². The van der Waals surface area contributed by atoms with Gasteiger partial charge in [-0.05, 0) is 12.1 Å². The molecular weight excluding hydrogens is 176 g/mol. The first-order valence-corrected chi connectivity index (χ1v) is 4.47. The Kier molecular flexibility index (Phi) is 3.96. The maximum Gasteiger partial charge on any atom is 0.128 e. The lowest BCUT2D eigenvalue weighted by molar-refractivity contribution is 0.305. The van der Waals surface area contributed by atoms with Crippen molar-refractivity contribution in [1.82, 2.24) is 4.98 Å². The molecule has 0 saturated heterocycles. The van der Waals surface area contributed by atoms with Crippen molar-refractivity contribution in [3.8, 4) is 11.8 Å². The predicted octanol–water partition coefficient (Wildman–Crippen LogP) is 0.881. The van der Waals surface area contributed by atoms with Gasteiger partial charge in [-0.25, -0.2) is 4.98 Å². The third-order valence-electron chi connectivity index (χ3n) is 1.68. The highest BCUT2D eigenvalue weighted by atomic mass is 16.2. The summed E-state index contributed by atoms with van der Waals surface area (Å²) in [5.41, 5.74) is 0.879. The van der Waals surface area contributed by atoms with E-state index in [-0.39, 0.29) is 6.61 Å². The number of pyridine rings is 1. The molecule has 3 nitrogen and oxygen atoms in total. The predicted molar refractivity (Wildman–Crippen MR) is 57.1 cm³/mol. The van der Waals surface area contributed by atoms with Gasteiger partial charge in [0.15, 0.2) is 0 Å². The van der Waals surface area contributed by atoms with E-state index in [4.69, 9.17) is 5.11 Å². The third-order valence-corrected chi connectivity index (χ3v) is 1.68. The summed E-state index contributed by atoms with van der Waals surface area (Å²) in [5.74, 6) is 6.68. The number of aliphatic hydroxyl groups excluding tert-OH is 1. The van der Waals surface area contributed by atoms with Gasteiger partial charge in [0.05, 0.1) is 6.61 Å². The van der Waals surface area contributed by atoms with Crippen molar-refractivity contribution in [2.24, 2.45) is 0 Å². The zero-order chi connectivity index (χ0) is 10.4. The maximum absolute atomic E-state index is 8.54. The monoisotopic (exact) mass is 190 g/mol. The summed E-state index contributed by atoms with van der Waals surface area (Å²) in [6.07, 6.45) is 2.25. The van der Waals surface area contributed by atoms with Gasteiger partial charge in [0.25, 0.3) is 0 Å². The molecule has 14 heavy (non-hydrogen) atoms. The molecular formula is C11H14N2O. The van der Waals surface area contributed by atoms with Gasteiger partial charge in [0.2, 0.25) is 0 Å². The lowest BCUT2D eigenvalue weighted by Crippen LogP contribution is -2.10. The summed E-state index contributed by atoms with van der Waals surface area (Å²) in [6, 6.07) is 3.84. The number of aliphatic hydroxyl groups is 1. The molecule has 0 spiro atoms. The van der Waals surface area contributed by atoms with E-state index in [2.05, 4.69) is 16.8 Å². The van der Waals surface area contributed by atoms with Gasteiger partial charge in [-0.2, -0.15) is 0 Å². The van der Waals surface area contributed by atoms with E-state index in [1.807, 2.05) is 31.1 Å². The van der Waals surface area contributed by atoms with E-state index in [1.54, 1.807) is 6.20 Å². The van der Waals surface area contributed by atoms with Gasteiger partial charge in [-0.3, -0.25) is 0 Å². The van der Waals surface area contributed by atoms with Crippen molar-refractivity contribution in [2.45, 2.75) is 6.42 Å². The quantitative estimate of drug-likeness (QED) is 0.703. The number of hydrogen-bond acceptors (Lipinski definition) is 3. The highest BCUT2D eigenvalue weighted by Gasteiger charge is 1.94. The molecule has 0 aliphatic rings. The molecule has 0 amide bonds. The first-order valence-electron chi connectivity index (χ1n) is 4.47. The van der Waals surface area contributed by atoms with Crippen LogP contribution in [0.2, 0.25) is 0 Å². The average molecular weight is 190 g/mol. The van der Waals surface area contributed by atoms with Gasteiger partial charge < -0.3 is 10.0 Å². The molecule has 0 aliphatic heterocycles. The van der Waals surface area contributed by atoms with Crippen LogP contribution in [0.3, 0.4) is 0 Å². The van der Waals surface area contributed by atoms with Crippen LogP contribution in [0.15, 0.2) is 18.3 Å². The highest BCUT2D eigenvalue weighted by Crippen LogP contribution is 2.06. The summed E-state index contributed by atoms with van der Waals surface area (Å²) in [4.78, 5) is 6.15. The first kappa shape index (κ1) is 10.6. The van der Waals surface area contributed by atoms with Crippen LogP contribution in [0.25, 0.3) is 0 Å². The molecule has 1 heterocycles. The topological polar surface area (TPSA) is 36.4 Å². The van der Waals surface area contributed by atoms with Crippen LogP contribution in [0, 0.1) is 11.8 Å². The molecule has 1 aromatic heterocycles. The Hall–Kier alpha value is -1.53. The Balaban J connectivity index is 2.70. The molecule has 74 valence electrons. The van der Waals surface area contributed by atoms with Crippen LogP contribution in [-0.4, -0.2) is 30.8 Å². The standard InChI is InChI=1S/C11H14N2O/c1-13(2)11-7-6-10(9-12-11)5-3-4-8-14/h6-7,9,14H,4,8H2,1-2H3. The van der Waals surface area contributed by atoms with Crippen molar-refractivity contribution in [2.75, 3.05) is 25.6 Å². The van der Waals surface area contributed by atoms with Crippen molar-refractivity contribution >= 4 is 5.82 Å². The first-order chi connectivity index (χ1) is 6.74. The normalized spacial score (nSPS) is 9.07. The molecule has 1 N–H and O–H groups in total. The van der Waals surface area contributed by atoms with E-state index < -0.39 is 0 Å². The second-order valence-corrected chi connectivity index (χ2v) is 3.07. The number of anilines is 1. The SMILES string of the molecule is CN(C)c1ccc(C#CCCO)cn1. The minimum absolute atomic E-state index is 0.107. The second-order valence-electron chi connectivity index (χ2n) is 3.07. The Morgan fingerprint density at radius 1 is 1.43 bits per heavy atom. The second kappa shape index (κ2) is 5.25. The van der Waals surface area contributed by atoms with Crippen LogP contribution in [-0.2, 0) is 0 Å². The molecule has 1 aromatic rings. The summed E-state index contributed by atoms with van der Waals surface area (Å²) in [6.45, 7) is 0.107. The van der Waals surface area contributed by atoms with Gasteiger partial charge in [0.1, 0.15) is 5.82 Å². The third kappa shape index (κ3) is 3.08. The lowest BCUT2D eigenvalue weighted by atomic mass is 10.2. The van der Waals surface area contributed by atoms with E-state index in [9.17, 15) is 0 Å². The van der Waals surface area contributed by atoms with Gasteiger partial charge in [-0.1, -0.05) is 11.8 Å². The Labute approximate surface area is 84.4 Å². The summed E-state index contributed by atoms with van der Waals surface area (Å²) >= 11 is 0. The number of hydrogen-bond donors (Lipinski definition) is 1. The lowest BCUT2D eigenvalue weighted by Gasteiger charge is -2.09. The van der Waals surface area contributed by atoms with Crippen molar-refractivity contribution in [3.63, 3.8) is 0 Å². The summed E-state index contributed by atoms with van der Waals surface area (Å²) in [7, 11) is 3.89. The van der Waals surface area contributed by atoms with Crippen LogP contribution in [0.1, 0.15) is 12.0 Å². The minimum Gasteiger partial charge on any atom is -0.395 e. The van der Waals surface area contributed by atoms with Crippen LogP contribution < -0.4 is 4.90 Å². The number of rotatable bonds is 2. The molecule has 0 atom stereocenters. The minimum atomic E-state index is 0.107. The Bertz CT molecular complexity index is 333. The van der Waals surface area contributed by atoms with Gasteiger partial charge >= 0.3 is 0 Å². The molecule has 0 radical (unpaired) electrons. The zero-order valence-corrected chi connectivity index (χ0v) is 8.49. The molecule has 0 fully saturated rings. The van der Waals surface area contributed by atoms with Crippen LogP contribution >= 0.6 is 0 Å². The fourth-order valence-corrected chi connectivity index (χ4v) is 0.945. The van der Waals surface area contributed by atoms with Crippen LogP contribution in [0.5, 0.6) is 0 Å². The molecule has 0 aromatic carbocycles. The Morgan fingerprint density at radius 2 is 2.21 bits per heavy atom. The average Bonchev–Trinajstić information content (AvgIpc) is 2.19. The van der Waals surface area contributed by atoms with Crippen molar-refractivity contribution in [3.05, 3.63) is 23.9 Å². The van der Waals surface area contributed by atoms with E-state index in [0.29, 0.717) is 6.42 Å². The Morgan fingerprint density at radius 3 is 2.71 bits per heavy atom. The van der Waals surface area contributed by atoms with E-state index >= 15 is 0 Å². The molecule has 0 bridgehead atoms. The highest BCUT2D eigenvalue weighted by molar-refractivity contribution is 5.41. The molecule has 0 unspecified atom stereocenters. The molecule has 3 heteroatoms. The number of nitrogens with zero attached hydrogens (tertiary/aromatic N) is 2. The fourth-order valence-electron chi connectivity index (χ4n) is 0.945. The van der Waals surface area contributed by atoms with Gasteiger partial charge in [-0.15, -0.1) is 0 Å².